The first-order valence-corrected chi connectivity index (χ1v) is 11.1. The molecular formula is C30H24N2. The smallest absolute Gasteiger partial charge is 0.0956 e. The van der Waals surface area contributed by atoms with Crippen molar-refractivity contribution < 1.29 is 0 Å². The molecule has 6 rings (SSSR count). The van der Waals surface area contributed by atoms with Crippen LogP contribution < -0.4 is 0 Å². The summed E-state index contributed by atoms with van der Waals surface area (Å²) in [5, 5.41) is 3.71. The second kappa shape index (κ2) is 7.06. The highest BCUT2D eigenvalue weighted by molar-refractivity contribution is 6.23. The largest absolute Gasteiger partial charge is 0.307 e. The van der Waals surface area contributed by atoms with E-state index in [2.05, 4.69) is 116 Å². The van der Waals surface area contributed by atoms with Crippen molar-refractivity contribution in [2.75, 3.05) is 0 Å². The summed E-state index contributed by atoms with van der Waals surface area (Å²) in [6.45, 7) is 6.58. The molecule has 0 amide bonds. The maximum atomic E-state index is 5.25. The molecule has 0 radical (unpaired) electrons. The molecule has 6 aromatic rings. The number of benzene rings is 4. The Hall–Kier alpha value is -3.91. The maximum Gasteiger partial charge on any atom is 0.0956 e. The average molecular weight is 413 g/mol. The Bertz CT molecular complexity index is 1620. The first-order chi connectivity index (χ1) is 15.6. The van der Waals surface area contributed by atoms with E-state index < -0.39 is 0 Å². The van der Waals surface area contributed by atoms with E-state index in [1.54, 1.807) is 0 Å². The molecule has 2 aromatic heterocycles. The normalized spacial score (nSPS) is 11.6. The van der Waals surface area contributed by atoms with Gasteiger partial charge in [-0.3, -0.25) is 0 Å². The fourth-order valence-electron chi connectivity index (χ4n) is 4.91. The average Bonchev–Trinajstić information content (AvgIpc) is 3.18. The zero-order valence-corrected chi connectivity index (χ0v) is 18.6. The van der Waals surface area contributed by atoms with Crippen LogP contribution in [0.15, 0.2) is 91.0 Å². The van der Waals surface area contributed by atoms with Gasteiger partial charge in [-0.15, -0.1) is 0 Å². The van der Waals surface area contributed by atoms with Gasteiger partial charge in [0.25, 0.3) is 0 Å². The topological polar surface area (TPSA) is 17.8 Å². The van der Waals surface area contributed by atoms with Crippen molar-refractivity contribution in [1.29, 1.82) is 0 Å². The molecule has 0 unspecified atom stereocenters. The van der Waals surface area contributed by atoms with Gasteiger partial charge in [0.15, 0.2) is 0 Å². The van der Waals surface area contributed by atoms with Crippen LogP contribution in [0.5, 0.6) is 0 Å². The van der Waals surface area contributed by atoms with Crippen molar-refractivity contribution in [2.24, 2.45) is 0 Å². The van der Waals surface area contributed by atoms with E-state index in [9.17, 15) is 0 Å². The third kappa shape index (κ3) is 2.69. The summed E-state index contributed by atoms with van der Waals surface area (Å²) in [4.78, 5) is 5.25. The van der Waals surface area contributed by atoms with Crippen LogP contribution >= 0.6 is 0 Å². The fraction of sp³-hybridized carbons (Fsp3) is 0.100. The molecule has 4 aromatic carbocycles. The van der Waals surface area contributed by atoms with Gasteiger partial charge in [0.1, 0.15) is 0 Å². The van der Waals surface area contributed by atoms with Crippen molar-refractivity contribution in [3.05, 3.63) is 108 Å². The summed E-state index contributed by atoms with van der Waals surface area (Å²) in [5.41, 5.74) is 10.7. The zero-order valence-electron chi connectivity index (χ0n) is 18.6. The Morgan fingerprint density at radius 2 is 1.28 bits per heavy atom. The number of fused-ring (bicyclic) bond motifs is 5. The third-order valence-electron chi connectivity index (χ3n) is 6.72. The van der Waals surface area contributed by atoms with Gasteiger partial charge in [-0.05, 0) is 73.9 Å². The molecule has 154 valence electrons. The summed E-state index contributed by atoms with van der Waals surface area (Å²) in [6.07, 6.45) is 0. The van der Waals surface area contributed by atoms with E-state index in [0.717, 1.165) is 16.9 Å². The SMILES string of the molecule is Cc1cc(-c2nc3ccccc3c3c4ccccc4n(-c4ccccc4)c23)cc(C)c1C. The van der Waals surface area contributed by atoms with E-state index in [-0.39, 0.29) is 0 Å². The number of hydrogen-bond acceptors (Lipinski definition) is 1. The number of aryl methyl sites for hydroxylation is 2. The quantitative estimate of drug-likeness (QED) is 0.282. The minimum atomic E-state index is 1.03. The predicted octanol–water partition coefficient (Wildman–Crippen LogP) is 7.92. The summed E-state index contributed by atoms with van der Waals surface area (Å²) < 4.78 is 2.38. The molecule has 0 spiro atoms. The Kier molecular flexibility index (Phi) is 4.16. The molecule has 0 saturated carbocycles. The second-order valence-corrected chi connectivity index (χ2v) is 8.62. The number of rotatable bonds is 2. The van der Waals surface area contributed by atoms with E-state index in [0.29, 0.717) is 0 Å². The lowest BCUT2D eigenvalue weighted by atomic mass is 9.97. The van der Waals surface area contributed by atoms with Crippen LogP contribution in [0.2, 0.25) is 0 Å². The monoisotopic (exact) mass is 412 g/mol. The summed E-state index contributed by atoms with van der Waals surface area (Å²) in [6, 6.07) is 32.4. The molecule has 32 heavy (non-hydrogen) atoms. The molecule has 0 bridgehead atoms. The summed E-state index contributed by atoms with van der Waals surface area (Å²) in [7, 11) is 0. The lowest BCUT2D eigenvalue weighted by Crippen LogP contribution is -1.98. The maximum absolute atomic E-state index is 5.25. The van der Waals surface area contributed by atoms with Crippen LogP contribution in [0.3, 0.4) is 0 Å². The third-order valence-corrected chi connectivity index (χ3v) is 6.72. The predicted molar refractivity (Wildman–Crippen MR) is 136 cm³/mol. The minimum absolute atomic E-state index is 1.03. The molecule has 2 heteroatoms. The molecule has 0 saturated heterocycles. The van der Waals surface area contributed by atoms with E-state index in [1.165, 1.54) is 49.4 Å². The second-order valence-electron chi connectivity index (χ2n) is 8.62. The molecule has 0 fully saturated rings. The molecular weight excluding hydrogens is 388 g/mol. The van der Waals surface area contributed by atoms with Crippen molar-refractivity contribution in [3.63, 3.8) is 0 Å². The van der Waals surface area contributed by atoms with E-state index in [1.807, 2.05) is 0 Å². The minimum Gasteiger partial charge on any atom is -0.307 e. The number of pyridine rings is 1. The van der Waals surface area contributed by atoms with Crippen LogP contribution in [0.25, 0.3) is 49.7 Å². The van der Waals surface area contributed by atoms with Gasteiger partial charge in [-0.25, -0.2) is 4.98 Å². The van der Waals surface area contributed by atoms with Gasteiger partial charge < -0.3 is 4.57 Å². The van der Waals surface area contributed by atoms with Crippen LogP contribution in [0.1, 0.15) is 16.7 Å². The van der Waals surface area contributed by atoms with Crippen molar-refractivity contribution in [1.82, 2.24) is 9.55 Å². The molecule has 0 aliphatic carbocycles. The molecule has 0 aliphatic rings. The lowest BCUT2D eigenvalue weighted by Gasteiger charge is -2.14. The van der Waals surface area contributed by atoms with Gasteiger partial charge in [-0.1, -0.05) is 54.6 Å². The van der Waals surface area contributed by atoms with Gasteiger partial charge in [0, 0.05) is 27.4 Å². The Morgan fingerprint density at radius 1 is 0.656 bits per heavy atom. The number of aromatic nitrogens is 2. The fourth-order valence-corrected chi connectivity index (χ4v) is 4.91. The first-order valence-electron chi connectivity index (χ1n) is 11.1. The van der Waals surface area contributed by atoms with Crippen molar-refractivity contribution >= 4 is 32.7 Å². The van der Waals surface area contributed by atoms with Crippen molar-refractivity contribution in [2.45, 2.75) is 20.8 Å². The van der Waals surface area contributed by atoms with Gasteiger partial charge in [0.2, 0.25) is 0 Å². The van der Waals surface area contributed by atoms with Crippen LogP contribution in [0, 0.1) is 20.8 Å². The van der Waals surface area contributed by atoms with Crippen LogP contribution in [-0.2, 0) is 0 Å². The summed E-state index contributed by atoms with van der Waals surface area (Å²) in [5.74, 6) is 0. The number of nitrogens with zero attached hydrogens (tertiary/aromatic N) is 2. The highest BCUT2D eigenvalue weighted by Gasteiger charge is 2.20. The van der Waals surface area contributed by atoms with E-state index >= 15 is 0 Å². The zero-order chi connectivity index (χ0) is 21.8. The lowest BCUT2D eigenvalue weighted by molar-refractivity contribution is 1.17. The summed E-state index contributed by atoms with van der Waals surface area (Å²) >= 11 is 0. The Labute approximate surface area is 187 Å². The van der Waals surface area contributed by atoms with Gasteiger partial charge >= 0.3 is 0 Å². The highest BCUT2D eigenvalue weighted by Crippen LogP contribution is 2.41. The van der Waals surface area contributed by atoms with Gasteiger partial charge in [-0.2, -0.15) is 0 Å². The van der Waals surface area contributed by atoms with Gasteiger partial charge in [0.05, 0.1) is 22.2 Å². The van der Waals surface area contributed by atoms with E-state index in [4.69, 9.17) is 4.98 Å². The molecule has 0 aliphatic heterocycles. The molecule has 2 nitrogen and oxygen atoms in total. The Morgan fingerprint density at radius 3 is 2.03 bits per heavy atom. The molecule has 2 heterocycles. The standard InChI is InChI=1S/C30H24N2/c1-19-17-22(18-20(2)21(19)3)29-30-28(24-13-7-9-15-26(24)31-29)25-14-8-10-16-27(25)32(30)23-11-5-4-6-12-23/h4-18H,1-3H3. The highest BCUT2D eigenvalue weighted by atomic mass is 15.0. The van der Waals surface area contributed by atoms with Crippen LogP contribution in [0.4, 0.5) is 0 Å². The number of hydrogen-bond donors (Lipinski definition) is 0. The Balaban J connectivity index is 1.89. The molecule has 0 N–H and O–H groups in total. The van der Waals surface area contributed by atoms with Crippen LogP contribution in [-0.4, -0.2) is 9.55 Å². The first kappa shape index (κ1) is 18.8. The number of para-hydroxylation sites is 3. The molecule has 0 atom stereocenters. The van der Waals surface area contributed by atoms with Crippen molar-refractivity contribution in [3.8, 4) is 16.9 Å².